The first-order valence-electron chi connectivity index (χ1n) is 13.4. The third-order valence-electron chi connectivity index (χ3n) is 7.04. The summed E-state index contributed by atoms with van der Waals surface area (Å²) in [5, 5.41) is 4.66. The first-order chi connectivity index (χ1) is 20.0. The standard InChI is InChI=1S/C30H28N4O5S2/c1-3-39-29(37)24-20-12-5-7-14-22(20)41-27(24)32-23(35)16-40-30-33-25-19-11-4-6-13-21(19)31-26(25)28(36)34(30)17-9-8-10-18(15-17)38-2/h4,6,8-11,13,15,31H,3,5,7,12,14,16H2,1-2H3,(H,32,35). The van der Waals surface area contributed by atoms with E-state index in [1.165, 1.54) is 15.9 Å². The van der Waals surface area contributed by atoms with Gasteiger partial charge in [0.25, 0.3) is 5.56 Å². The highest BCUT2D eigenvalue weighted by atomic mass is 32.2. The number of nitrogens with one attached hydrogen (secondary N) is 2. The fraction of sp³-hybridized carbons (Fsp3) is 0.267. The van der Waals surface area contributed by atoms with Crippen LogP contribution in [0.5, 0.6) is 5.75 Å². The highest BCUT2D eigenvalue weighted by Gasteiger charge is 2.27. The largest absolute Gasteiger partial charge is 0.497 e. The van der Waals surface area contributed by atoms with Gasteiger partial charge < -0.3 is 19.8 Å². The Bertz CT molecular complexity index is 1860. The van der Waals surface area contributed by atoms with Crippen LogP contribution in [-0.4, -0.2) is 45.9 Å². The lowest BCUT2D eigenvalue weighted by Gasteiger charge is -2.13. The van der Waals surface area contributed by atoms with Gasteiger partial charge in [-0.25, -0.2) is 9.78 Å². The van der Waals surface area contributed by atoms with Crippen LogP contribution in [0.1, 0.15) is 40.6 Å². The Morgan fingerprint density at radius 2 is 1.98 bits per heavy atom. The van der Waals surface area contributed by atoms with E-state index in [0.29, 0.717) is 38.2 Å². The lowest BCUT2D eigenvalue weighted by atomic mass is 9.95. The molecule has 210 valence electrons. The van der Waals surface area contributed by atoms with Gasteiger partial charge in [0.05, 0.1) is 30.7 Å². The molecule has 0 aliphatic heterocycles. The lowest BCUT2D eigenvalue weighted by molar-refractivity contribution is -0.113. The van der Waals surface area contributed by atoms with Crippen LogP contribution in [0.4, 0.5) is 5.00 Å². The molecule has 0 fully saturated rings. The van der Waals surface area contributed by atoms with Crippen molar-refractivity contribution in [1.29, 1.82) is 0 Å². The number of amides is 1. The molecule has 2 N–H and O–H groups in total. The van der Waals surface area contributed by atoms with Crippen LogP contribution in [0.15, 0.2) is 58.5 Å². The highest BCUT2D eigenvalue weighted by molar-refractivity contribution is 7.99. The van der Waals surface area contributed by atoms with Crippen LogP contribution in [0.3, 0.4) is 0 Å². The van der Waals surface area contributed by atoms with Crippen LogP contribution < -0.4 is 15.6 Å². The number of aromatic amines is 1. The van der Waals surface area contributed by atoms with Gasteiger partial charge >= 0.3 is 5.97 Å². The van der Waals surface area contributed by atoms with Crippen LogP contribution in [0.25, 0.3) is 27.6 Å². The molecule has 0 unspecified atom stereocenters. The number of rotatable bonds is 8. The Morgan fingerprint density at radius 3 is 2.80 bits per heavy atom. The summed E-state index contributed by atoms with van der Waals surface area (Å²) in [5.74, 6) is -0.138. The zero-order chi connectivity index (χ0) is 28.5. The van der Waals surface area contributed by atoms with E-state index in [0.717, 1.165) is 58.8 Å². The second-order valence-electron chi connectivity index (χ2n) is 9.60. The molecule has 41 heavy (non-hydrogen) atoms. The minimum atomic E-state index is -0.409. The van der Waals surface area contributed by atoms with Gasteiger partial charge in [-0.05, 0) is 56.4 Å². The minimum Gasteiger partial charge on any atom is -0.497 e. The molecule has 3 aromatic heterocycles. The van der Waals surface area contributed by atoms with Crippen LogP contribution in [0, 0.1) is 0 Å². The zero-order valence-corrected chi connectivity index (χ0v) is 24.2. The summed E-state index contributed by atoms with van der Waals surface area (Å²) in [6, 6.07) is 14.7. The van der Waals surface area contributed by atoms with Crippen molar-refractivity contribution >= 4 is 61.9 Å². The quantitative estimate of drug-likeness (QED) is 0.135. The number of para-hydroxylation sites is 1. The molecule has 11 heteroatoms. The topological polar surface area (TPSA) is 115 Å². The number of thioether (sulfide) groups is 1. The molecule has 0 saturated heterocycles. The van der Waals surface area contributed by atoms with Crippen LogP contribution in [-0.2, 0) is 22.4 Å². The monoisotopic (exact) mass is 588 g/mol. The third kappa shape index (κ3) is 5.11. The molecule has 1 aliphatic carbocycles. The molecule has 1 amide bonds. The van der Waals surface area contributed by atoms with E-state index in [1.807, 2.05) is 24.3 Å². The number of anilines is 1. The molecule has 0 saturated carbocycles. The number of methoxy groups -OCH3 is 1. The summed E-state index contributed by atoms with van der Waals surface area (Å²) in [7, 11) is 1.56. The Labute approximate surface area is 243 Å². The molecule has 3 heterocycles. The minimum absolute atomic E-state index is 0.0187. The van der Waals surface area contributed by atoms with Crippen molar-refractivity contribution < 1.29 is 19.1 Å². The van der Waals surface area contributed by atoms with Crippen molar-refractivity contribution in [1.82, 2.24) is 14.5 Å². The number of benzene rings is 2. The first kappa shape index (κ1) is 27.1. The van der Waals surface area contributed by atoms with Crippen molar-refractivity contribution in [2.75, 3.05) is 24.8 Å². The van der Waals surface area contributed by atoms with E-state index < -0.39 is 5.97 Å². The van der Waals surface area contributed by atoms with Gasteiger partial charge in [-0.15, -0.1) is 11.3 Å². The van der Waals surface area contributed by atoms with Gasteiger partial charge in [0.2, 0.25) is 5.91 Å². The van der Waals surface area contributed by atoms with Crippen molar-refractivity contribution in [2.45, 2.75) is 37.8 Å². The number of fused-ring (bicyclic) bond motifs is 4. The second-order valence-corrected chi connectivity index (χ2v) is 11.7. The molecule has 5 aromatic rings. The molecule has 9 nitrogen and oxygen atoms in total. The summed E-state index contributed by atoms with van der Waals surface area (Å²) >= 11 is 2.60. The zero-order valence-electron chi connectivity index (χ0n) is 22.6. The number of hydrogen-bond donors (Lipinski definition) is 2. The number of carbonyl (C=O) groups is 2. The summed E-state index contributed by atoms with van der Waals surface area (Å²) < 4.78 is 12.2. The highest BCUT2D eigenvalue weighted by Crippen LogP contribution is 2.39. The summed E-state index contributed by atoms with van der Waals surface area (Å²) in [4.78, 5) is 49.1. The molecule has 6 rings (SSSR count). The molecule has 1 aliphatic rings. The average molecular weight is 589 g/mol. The number of ether oxygens (including phenoxy) is 2. The van der Waals surface area contributed by atoms with Gasteiger partial charge in [-0.1, -0.05) is 36.0 Å². The Balaban J connectivity index is 1.35. The summed E-state index contributed by atoms with van der Waals surface area (Å²) in [5.41, 5.74) is 3.47. The number of aryl methyl sites for hydroxylation is 1. The predicted molar refractivity (Wildman–Crippen MR) is 162 cm³/mol. The molecule has 0 bridgehead atoms. The number of hydrogen-bond acceptors (Lipinski definition) is 8. The predicted octanol–water partition coefficient (Wildman–Crippen LogP) is 5.72. The van der Waals surface area contributed by atoms with Crippen LogP contribution in [0.2, 0.25) is 0 Å². The Morgan fingerprint density at radius 1 is 1.15 bits per heavy atom. The van der Waals surface area contributed by atoms with Gasteiger partial charge in [0, 0.05) is 21.8 Å². The summed E-state index contributed by atoms with van der Waals surface area (Å²) in [6.07, 6.45) is 3.75. The normalized spacial score (nSPS) is 12.8. The smallest absolute Gasteiger partial charge is 0.341 e. The van der Waals surface area contributed by atoms with E-state index >= 15 is 0 Å². The van der Waals surface area contributed by atoms with Crippen molar-refractivity contribution in [3.63, 3.8) is 0 Å². The van der Waals surface area contributed by atoms with Gasteiger partial charge in [-0.3, -0.25) is 14.2 Å². The number of esters is 1. The maximum absolute atomic E-state index is 13.8. The van der Waals surface area contributed by atoms with Gasteiger partial charge in [-0.2, -0.15) is 0 Å². The maximum Gasteiger partial charge on any atom is 0.341 e. The van der Waals surface area contributed by atoms with E-state index in [4.69, 9.17) is 14.5 Å². The number of nitrogens with zero attached hydrogens (tertiary/aromatic N) is 2. The number of thiophene rings is 1. The third-order valence-corrected chi connectivity index (χ3v) is 9.19. The Kier molecular flexibility index (Phi) is 7.55. The van der Waals surface area contributed by atoms with E-state index in [-0.39, 0.29) is 23.8 Å². The molecule has 0 atom stereocenters. The van der Waals surface area contributed by atoms with E-state index in [9.17, 15) is 14.4 Å². The average Bonchev–Trinajstić information content (AvgIpc) is 3.54. The molecular formula is C30H28N4O5S2. The molecule has 0 spiro atoms. The maximum atomic E-state index is 13.8. The Hall–Kier alpha value is -4.09. The molecule has 2 aromatic carbocycles. The SMILES string of the molecule is CCOC(=O)c1c(NC(=O)CSc2nc3c([nH]c4ccccc43)c(=O)n2-c2cccc(OC)c2)sc2c1CCCC2. The van der Waals surface area contributed by atoms with Crippen molar-refractivity contribution in [2.24, 2.45) is 0 Å². The number of H-pyrrole nitrogens is 1. The first-order valence-corrected chi connectivity index (χ1v) is 15.2. The van der Waals surface area contributed by atoms with Gasteiger partial charge in [0.15, 0.2) is 5.16 Å². The second kappa shape index (κ2) is 11.4. The molecular weight excluding hydrogens is 560 g/mol. The van der Waals surface area contributed by atoms with Crippen molar-refractivity contribution in [3.05, 3.63) is 74.9 Å². The van der Waals surface area contributed by atoms with Crippen LogP contribution >= 0.6 is 23.1 Å². The van der Waals surface area contributed by atoms with Gasteiger partial charge in [0.1, 0.15) is 21.8 Å². The van der Waals surface area contributed by atoms with Crippen molar-refractivity contribution in [3.8, 4) is 11.4 Å². The number of aromatic nitrogens is 3. The fourth-order valence-electron chi connectivity index (χ4n) is 5.18. The summed E-state index contributed by atoms with van der Waals surface area (Å²) in [6.45, 7) is 2.03. The molecule has 0 radical (unpaired) electrons. The van der Waals surface area contributed by atoms with E-state index in [1.54, 1.807) is 38.3 Å². The fourth-order valence-corrected chi connectivity index (χ4v) is 7.28. The number of carbonyl (C=O) groups excluding carboxylic acids is 2. The lowest BCUT2D eigenvalue weighted by Crippen LogP contribution is -2.23. The van der Waals surface area contributed by atoms with E-state index in [2.05, 4.69) is 10.3 Å².